The lowest BCUT2D eigenvalue weighted by Gasteiger charge is -2.03. The maximum absolute atomic E-state index is 12.1. The minimum atomic E-state index is -0.463. The second-order valence-electron chi connectivity index (χ2n) is 5.07. The van der Waals surface area contributed by atoms with E-state index >= 15 is 0 Å². The zero-order chi connectivity index (χ0) is 17.5. The van der Waals surface area contributed by atoms with Gasteiger partial charge in [-0.25, -0.2) is 4.79 Å². The molecule has 2 aromatic rings. The van der Waals surface area contributed by atoms with Gasteiger partial charge in [0.2, 0.25) is 5.91 Å². The molecule has 0 spiro atoms. The van der Waals surface area contributed by atoms with Crippen LogP contribution in [0.4, 0.5) is 5.00 Å². The van der Waals surface area contributed by atoms with Crippen molar-refractivity contribution in [2.75, 3.05) is 11.9 Å². The maximum atomic E-state index is 12.1. The van der Waals surface area contributed by atoms with Crippen molar-refractivity contribution >= 4 is 39.6 Å². The minimum absolute atomic E-state index is 0.153. The normalized spacial score (nSPS) is 10.2. The number of rotatable bonds is 7. The van der Waals surface area contributed by atoms with Gasteiger partial charge in [-0.1, -0.05) is 6.07 Å². The number of hydrogen-bond donors (Lipinski definition) is 1. The number of nitrogens with one attached hydrogen (secondary N) is 1. The van der Waals surface area contributed by atoms with Crippen LogP contribution in [0.5, 0.6) is 0 Å². The molecule has 1 N–H and O–H groups in total. The minimum Gasteiger partial charge on any atom is -0.462 e. The molecule has 0 radical (unpaired) electrons. The molecule has 0 atom stereocenters. The third-order valence-electron chi connectivity index (χ3n) is 3.38. The molecule has 2 heterocycles. The number of amides is 1. The molecular weight excluding hydrogens is 344 g/mol. The summed E-state index contributed by atoms with van der Waals surface area (Å²) in [5.74, 6) is -0.616. The standard InChI is InChI=1S/C17H18N2O3S2/c1-3-22-17(21)15-11(2)13(10-18)16(24-15)19-14(20)8-4-6-12-7-5-9-23-12/h5,7,9H,3-4,6,8H2,1-2H3,(H,19,20). The number of anilines is 1. The second-order valence-corrected chi connectivity index (χ2v) is 7.13. The van der Waals surface area contributed by atoms with Gasteiger partial charge in [-0.3, -0.25) is 4.79 Å². The van der Waals surface area contributed by atoms with Crippen molar-refractivity contribution in [1.82, 2.24) is 0 Å². The monoisotopic (exact) mass is 362 g/mol. The molecule has 24 heavy (non-hydrogen) atoms. The Kier molecular flexibility index (Phi) is 6.53. The van der Waals surface area contributed by atoms with E-state index in [4.69, 9.17) is 4.74 Å². The highest BCUT2D eigenvalue weighted by Crippen LogP contribution is 2.33. The molecule has 0 saturated heterocycles. The van der Waals surface area contributed by atoms with E-state index < -0.39 is 5.97 Å². The number of hydrogen-bond acceptors (Lipinski definition) is 6. The first-order chi connectivity index (χ1) is 11.6. The zero-order valence-electron chi connectivity index (χ0n) is 13.5. The summed E-state index contributed by atoms with van der Waals surface area (Å²) >= 11 is 2.77. The van der Waals surface area contributed by atoms with E-state index in [0.29, 0.717) is 27.4 Å². The smallest absolute Gasteiger partial charge is 0.348 e. The van der Waals surface area contributed by atoms with Gasteiger partial charge in [-0.05, 0) is 43.7 Å². The van der Waals surface area contributed by atoms with Gasteiger partial charge in [0.25, 0.3) is 0 Å². The quantitative estimate of drug-likeness (QED) is 0.751. The Morgan fingerprint density at radius 3 is 2.83 bits per heavy atom. The van der Waals surface area contributed by atoms with Crippen molar-refractivity contribution in [3.63, 3.8) is 0 Å². The van der Waals surface area contributed by atoms with E-state index in [1.54, 1.807) is 25.2 Å². The average molecular weight is 362 g/mol. The summed E-state index contributed by atoms with van der Waals surface area (Å²) in [7, 11) is 0. The van der Waals surface area contributed by atoms with E-state index in [9.17, 15) is 14.9 Å². The van der Waals surface area contributed by atoms with E-state index in [-0.39, 0.29) is 12.5 Å². The molecule has 2 aromatic heterocycles. The molecule has 7 heteroatoms. The Bertz CT molecular complexity index is 758. The van der Waals surface area contributed by atoms with E-state index in [1.807, 2.05) is 17.5 Å². The zero-order valence-corrected chi connectivity index (χ0v) is 15.2. The van der Waals surface area contributed by atoms with Crippen LogP contribution in [0.2, 0.25) is 0 Å². The van der Waals surface area contributed by atoms with Gasteiger partial charge in [0.15, 0.2) is 0 Å². The second kappa shape index (κ2) is 8.62. The first kappa shape index (κ1) is 18.2. The first-order valence-electron chi connectivity index (χ1n) is 7.59. The van der Waals surface area contributed by atoms with Crippen LogP contribution in [0, 0.1) is 18.3 Å². The average Bonchev–Trinajstić information content (AvgIpc) is 3.16. The van der Waals surface area contributed by atoms with Crippen molar-refractivity contribution in [3.8, 4) is 6.07 Å². The van der Waals surface area contributed by atoms with Crippen LogP contribution in [0.25, 0.3) is 0 Å². The van der Waals surface area contributed by atoms with Gasteiger partial charge in [0.1, 0.15) is 15.9 Å². The number of thiophene rings is 2. The Balaban J connectivity index is 2.00. The largest absolute Gasteiger partial charge is 0.462 e. The van der Waals surface area contributed by atoms with Crippen molar-refractivity contribution < 1.29 is 14.3 Å². The van der Waals surface area contributed by atoms with Crippen LogP contribution in [0.3, 0.4) is 0 Å². The molecule has 0 bridgehead atoms. The Morgan fingerprint density at radius 1 is 1.42 bits per heavy atom. The lowest BCUT2D eigenvalue weighted by atomic mass is 10.1. The fraction of sp³-hybridized carbons (Fsp3) is 0.353. The van der Waals surface area contributed by atoms with Gasteiger partial charge >= 0.3 is 5.97 Å². The van der Waals surface area contributed by atoms with Crippen molar-refractivity contribution in [2.45, 2.75) is 33.1 Å². The van der Waals surface area contributed by atoms with Gasteiger partial charge < -0.3 is 10.1 Å². The summed E-state index contributed by atoms with van der Waals surface area (Å²) in [5.41, 5.74) is 0.879. The summed E-state index contributed by atoms with van der Waals surface area (Å²) in [4.78, 5) is 25.6. The predicted molar refractivity (Wildman–Crippen MR) is 95.6 cm³/mol. The van der Waals surface area contributed by atoms with Gasteiger partial charge in [0.05, 0.1) is 12.2 Å². The fourth-order valence-corrected chi connectivity index (χ4v) is 4.01. The van der Waals surface area contributed by atoms with Crippen molar-refractivity contribution in [1.29, 1.82) is 5.26 Å². The van der Waals surface area contributed by atoms with Gasteiger partial charge in [0, 0.05) is 11.3 Å². The van der Waals surface area contributed by atoms with Crippen LogP contribution in [-0.2, 0) is 16.0 Å². The number of aryl methyl sites for hydroxylation is 1. The molecule has 0 unspecified atom stereocenters. The Hall–Kier alpha value is -2.17. The lowest BCUT2D eigenvalue weighted by Crippen LogP contribution is -2.11. The molecule has 0 saturated carbocycles. The summed E-state index contributed by atoms with van der Waals surface area (Å²) in [6, 6.07) is 6.09. The molecular formula is C17H18N2O3S2. The number of esters is 1. The highest BCUT2D eigenvalue weighted by molar-refractivity contribution is 7.18. The van der Waals surface area contributed by atoms with E-state index in [1.165, 1.54) is 4.88 Å². The Labute approximate surface area is 148 Å². The van der Waals surface area contributed by atoms with Crippen LogP contribution < -0.4 is 5.32 Å². The molecule has 0 aliphatic rings. The van der Waals surface area contributed by atoms with Gasteiger partial charge in [-0.2, -0.15) is 5.26 Å². The summed E-state index contributed by atoms with van der Waals surface area (Å²) in [6.45, 7) is 3.68. The highest BCUT2D eigenvalue weighted by Gasteiger charge is 2.22. The number of nitrogens with zero attached hydrogens (tertiary/aromatic N) is 1. The van der Waals surface area contributed by atoms with Gasteiger partial charge in [-0.15, -0.1) is 22.7 Å². The van der Waals surface area contributed by atoms with Crippen LogP contribution in [0.15, 0.2) is 17.5 Å². The number of carbonyl (C=O) groups excluding carboxylic acids is 2. The SMILES string of the molecule is CCOC(=O)c1sc(NC(=O)CCCc2cccs2)c(C#N)c1C. The molecule has 0 aliphatic carbocycles. The topological polar surface area (TPSA) is 79.2 Å². The molecule has 0 fully saturated rings. The predicted octanol–water partition coefficient (Wildman–Crippen LogP) is 4.13. The number of ether oxygens (including phenoxy) is 1. The number of nitriles is 1. The fourth-order valence-electron chi connectivity index (χ4n) is 2.19. The van der Waals surface area contributed by atoms with Crippen molar-refractivity contribution in [2.24, 2.45) is 0 Å². The maximum Gasteiger partial charge on any atom is 0.348 e. The van der Waals surface area contributed by atoms with Crippen LogP contribution in [-0.4, -0.2) is 18.5 Å². The lowest BCUT2D eigenvalue weighted by molar-refractivity contribution is -0.116. The van der Waals surface area contributed by atoms with E-state index in [2.05, 4.69) is 11.4 Å². The third kappa shape index (κ3) is 4.43. The van der Waals surface area contributed by atoms with E-state index in [0.717, 1.165) is 24.2 Å². The molecule has 1 amide bonds. The first-order valence-corrected chi connectivity index (χ1v) is 9.29. The summed E-state index contributed by atoms with van der Waals surface area (Å²) in [5, 5.41) is 14.5. The molecule has 0 aromatic carbocycles. The molecule has 0 aliphatic heterocycles. The Morgan fingerprint density at radius 2 is 2.21 bits per heavy atom. The number of carbonyl (C=O) groups is 2. The molecule has 126 valence electrons. The summed E-state index contributed by atoms with van der Waals surface area (Å²) < 4.78 is 4.98. The van der Waals surface area contributed by atoms with Crippen LogP contribution >= 0.6 is 22.7 Å². The van der Waals surface area contributed by atoms with Crippen molar-refractivity contribution in [3.05, 3.63) is 38.4 Å². The highest BCUT2D eigenvalue weighted by atomic mass is 32.1. The molecule has 5 nitrogen and oxygen atoms in total. The van der Waals surface area contributed by atoms with Crippen LogP contribution in [0.1, 0.15) is 45.4 Å². The summed E-state index contributed by atoms with van der Waals surface area (Å²) in [6.07, 6.45) is 1.96. The third-order valence-corrected chi connectivity index (χ3v) is 5.50. The molecule has 2 rings (SSSR count).